The first kappa shape index (κ1) is 23.2. The Morgan fingerprint density at radius 2 is 1.74 bits per heavy atom. The number of likely N-dealkylation sites (tertiary alicyclic amines) is 1. The van der Waals surface area contributed by atoms with Crippen molar-refractivity contribution in [2.75, 3.05) is 51.3 Å². The third-order valence-corrected chi connectivity index (χ3v) is 7.01. The molecular weight excluding hydrogens is 426 g/mol. The summed E-state index contributed by atoms with van der Waals surface area (Å²) in [6.07, 6.45) is 3.04. The van der Waals surface area contributed by atoms with Crippen LogP contribution in [0.3, 0.4) is 0 Å². The molecule has 10 nitrogen and oxygen atoms in total. The van der Waals surface area contributed by atoms with Gasteiger partial charge in [-0.3, -0.25) is 14.4 Å². The molecule has 0 atom stereocenters. The highest BCUT2D eigenvalue weighted by molar-refractivity contribution is 7.89. The summed E-state index contributed by atoms with van der Waals surface area (Å²) in [5.74, 6) is -1.28. The molecule has 2 aliphatic rings. The van der Waals surface area contributed by atoms with E-state index >= 15 is 0 Å². The topological polar surface area (TPSA) is 122 Å². The van der Waals surface area contributed by atoms with Gasteiger partial charge in [-0.15, -0.1) is 0 Å². The van der Waals surface area contributed by atoms with Crippen LogP contribution < -0.4 is 5.32 Å². The molecule has 0 aromatic heterocycles. The number of anilines is 1. The van der Waals surface area contributed by atoms with E-state index in [0.717, 1.165) is 19.3 Å². The SMILES string of the molecule is O=C(COC(=O)CN1CCCCCC1=O)Nc1ccc(S(=O)(=O)N2CCOCC2)cc1. The summed E-state index contributed by atoms with van der Waals surface area (Å²) in [5.41, 5.74) is 0.379. The Morgan fingerprint density at radius 3 is 2.45 bits per heavy atom. The van der Waals surface area contributed by atoms with Crippen molar-refractivity contribution in [3.8, 4) is 0 Å². The summed E-state index contributed by atoms with van der Waals surface area (Å²) in [6.45, 7) is 1.18. The molecule has 0 radical (unpaired) electrons. The summed E-state index contributed by atoms with van der Waals surface area (Å²) in [5, 5.41) is 2.55. The van der Waals surface area contributed by atoms with Crippen molar-refractivity contribution in [3.05, 3.63) is 24.3 Å². The number of carbonyl (C=O) groups is 3. The minimum absolute atomic E-state index is 0.0778. The molecular formula is C20H27N3O7S. The fraction of sp³-hybridized carbons (Fsp3) is 0.550. The predicted molar refractivity (Wildman–Crippen MR) is 111 cm³/mol. The fourth-order valence-corrected chi connectivity index (χ4v) is 4.80. The Hall–Kier alpha value is -2.50. The number of ether oxygens (including phenoxy) is 2. The Kier molecular flexibility index (Phi) is 7.99. The molecule has 170 valence electrons. The zero-order chi connectivity index (χ0) is 22.3. The number of hydrogen-bond acceptors (Lipinski definition) is 7. The third kappa shape index (κ3) is 6.49. The van der Waals surface area contributed by atoms with Gasteiger partial charge in [0.15, 0.2) is 6.61 Å². The molecule has 1 aromatic rings. The standard InChI is InChI=1S/C20H27N3O7S/c24-18(15-30-20(26)14-22-9-3-1-2-4-19(22)25)21-16-5-7-17(8-6-16)31(27,28)23-10-12-29-13-11-23/h5-8H,1-4,9-15H2,(H,21,24). The van der Waals surface area contributed by atoms with Gasteiger partial charge in [0, 0.05) is 31.7 Å². The number of nitrogens with zero attached hydrogens (tertiary/aromatic N) is 2. The van der Waals surface area contributed by atoms with Gasteiger partial charge in [-0.1, -0.05) is 6.42 Å². The van der Waals surface area contributed by atoms with E-state index in [1.807, 2.05) is 0 Å². The number of carbonyl (C=O) groups excluding carboxylic acids is 3. The fourth-order valence-electron chi connectivity index (χ4n) is 3.40. The number of morpholine rings is 1. The van der Waals surface area contributed by atoms with E-state index in [2.05, 4.69) is 5.32 Å². The molecule has 0 bridgehead atoms. The van der Waals surface area contributed by atoms with Crippen molar-refractivity contribution in [1.29, 1.82) is 0 Å². The quantitative estimate of drug-likeness (QED) is 0.600. The molecule has 2 saturated heterocycles. The normalized spacial score (nSPS) is 18.3. The first-order valence-electron chi connectivity index (χ1n) is 10.3. The second-order valence-electron chi connectivity index (χ2n) is 7.38. The van der Waals surface area contributed by atoms with Gasteiger partial charge in [0.1, 0.15) is 6.54 Å². The second-order valence-corrected chi connectivity index (χ2v) is 9.31. The summed E-state index contributed by atoms with van der Waals surface area (Å²) in [6, 6.07) is 5.78. The van der Waals surface area contributed by atoms with Crippen molar-refractivity contribution in [1.82, 2.24) is 9.21 Å². The maximum Gasteiger partial charge on any atom is 0.326 e. The summed E-state index contributed by atoms with van der Waals surface area (Å²) in [4.78, 5) is 37.5. The van der Waals surface area contributed by atoms with Crippen LogP contribution in [0.15, 0.2) is 29.2 Å². The molecule has 0 saturated carbocycles. The largest absolute Gasteiger partial charge is 0.454 e. The lowest BCUT2D eigenvalue weighted by Crippen LogP contribution is -2.40. The molecule has 0 aliphatic carbocycles. The average Bonchev–Trinajstić information content (AvgIpc) is 2.97. The van der Waals surface area contributed by atoms with Gasteiger partial charge in [0.25, 0.3) is 5.91 Å². The Bertz CT molecular complexity index is 896. The molecule has 2 amide bonds. The zero-order valence-corrected chi connectivity index (χ0v) is 18.1. The molecule has 1 aromatic carbocycles. The number of rotatable bonds is 7. The van der Waals surface area contributed by atoms with Gasteiger partial charge in [0.05, 0.1) is 18.1 Å². The van der Waals surface area contributed by atoms with Crippen LogP contribution in [-0.2, 0) is 33.9 Å². The third-order valence-electron chi connectivity index (χ3n) is 5.10. The van der Waals surface area contributed by atoms with Crippen LogP contribution in [-0.4, -0.2) is 81.4 Å². The van der Waals surface area contributed by atoms with Crippen LogP contribution in [0, 0.1) is 0 Å². The minimum atomic E-state index is -3.61. The van der Waals surface area contributed by atoms with E-state index < -0.39 is 28.5 Å². The van der Waals surface area contributed by atoms with E-state index in [4.69, 9.17) is 9.47 Å². The van der Waals surface area contributed by atoms with Crippen LogP contribution in [0.1, 0.15) is 25.7 Å². The first-order chi connectivity index (χ1) is 14.9. The van der Waals surface area contributed by atoms with E-state index in [-0.39, 0.29) is 17.3 Å². The van der Waals surface area contributed by atoms with Crippen molar-refractivity contribution >= 4 is 33.5 Å². The lowest BCUT2D eigenvalue weighted by molar-refractivity contribution is -0.151. The number of sulfonamides is 1. The number of nitrogens with one attached hydrogen (secondary N) is 1. The number of hydrogen-bond donors (Lipinski definition) is 1. The minimum Gasteiger partial charge on any atom is -0.454 e. The Morgan fingerprint density at radius 1 is 1.03 bits per heavy atom. The smallest absolute Gasteiger partial charge is 0.326 e. The molecule has 2 fully saturated rings. The van der Waals surface area contributed by atoms with Crippen LogP contribution in [0.2, 0.25) is 0 Å². The van der Waals surface area contributed by atoms with E-state index in [9.17, 15) is 22.8 Å². The van der Waals surface area contributed by atoms with Crippen LogP contribution in [0.5, 0.6) is 0 Å². The lowest BCUT2D eigenvalue weighted by atomic mass is 10.2. The number of amides is 2. The van der Waals surface area contributed by atoms with Crippen LogP contribution in [0.25, 0.3) is 0 Å². The molecule has 0 spiro atoms. The summed E-state index contributed by atoms with van der Waals surface area (Å²) < 4.78 is 36.7. The first-order valence-corrected chi connectivity index (χ1v) is 11.7. The number of benzene rings is 1. The van der Waals surface area contributed by atoms with Gasteiger partial charge in [-0.05, 0) is 37.1 Å². The van der Waals surface area contributed by atoms with Crippen molar-refractivity contribution in [2.45, 2.75) is 30.6 Å². The molecule has 2 heterocycles. The molecule has 2 aliphatic heterocycles. The maximum absolute atomic E-state index is 12.6. The number of esters is 1. The van der Waals surface area contributed by atoms with E-state index in [1.165, 1.54) is 33.5 Å². The van der Waals surface area contributed by atoms with Crippen molar-refractivity contribution < 1.29 is 32.3 Å². The second kappa shape index (κ2) is 10.7. The highest BCUT2D eigenvalue weighted by atomic mass is 32.2. The highest BCUT2D eigenvalue weighted by Gasteiger charge is 2.26. The van der Waals surface area contributed by atoms with Crippen LogP contribution >= 0.6 is 0 Å². The highest BCUT2D eigenvalue weighted by Crippen LogP contribution is 2.19. The van der Waals surface area contributed by atoms with E-state index in [0.29, 0.717) is 45.0 Å². The monoisotopic (exact) mass is 453 g/mol. The van der Waals surface area contributed by atoms with Gasteiger partial charge in [0.2, 0.25) is 15.9 Å². The summed E-state index contributed by atoms with van der Waals surface area (Å²) in [7, 11) is -3.61. The van der Waals surface area contributed by atoms with E-state index in [1.54, 1.807) is 0 Å². The molecule has 31 heavy (non-hydrogen) atoms. The molecule has 11 heteroatoms. The zero-order valence-electron chi connectivity index (χ0n) is 17.2. The Labute approximate surface area is 181 Å². The van der Waals surface area contributed by atoms with Gasteiger partial charge in [-0.2, -0.15) is 4.31 Å². The van der Waals surface area contributed by atoms with Gasteiger partial charge >= 0.3 is 5.97 Å². The van der Waals surface area contributed by atoms with Crippen molar-refractivity contribution in [2.24, 2.45) is 0 Å². The van der Waals surface area contributed by atoms with Crippen molar-refractivity contribution in [3.63, 3.8) is 0 Å². The predicted octanol–water partition coefficient (Wildman–Crippen LogP) is 0.592. The lowest BCUT2D eigenvalue weighted by Gasteiger charge is -2.26. The maximum atomic E-state index is 12.6. The van der Waals surface area contributed by atoms with Gasteiger partial charge < -0.3 is 19.7 Å². The van der Waals surface area contributed by atoms with Gasteiger partial charge in [-0.25, -0.2) is 8.42 Å². The summed E-state index contributed by atoms with van der Waals surface area (Å²) >= 11 is 0. The van der Waals surface area contributed by atoms with Crippen LogP contribution in [0.4, 0.5) is 5.69 Å². The molecule has 3 rings (SSSR count). The Balaban J connectivity index is 1.47. The molecule has 1 N–H and O–H groups in total. The average molecular weight is 454 g/mol. The molecule has 0 unspecified atom stereocenters.